The fourth-order valence-corrected chi connectivity index (χ4v) is 1.87. The lowest BCUT2D eigenvalue weighted by Gasteiger charge is -2.03. The average molecular weight is 241 g/mol. The molecule has 0 aliphatic carbocycles. The summed E-state index contributed by atoms with van der Waals surface area (Å²) in [5.74, 6) is 1.20. The number of ether oxygens (including phenoxy) is 1. The number of oxazole rings is 1. The number of rotatable bonds is 2. The van der Waals surface area contributed by atoms with Gasteiger partial charge in [-0.1, -0.05) is 18.2 Å². The molecule has 18 heavy (non-hydrogen) atoms. The monoisotopic (exact) mass is 241 g/mol. The van der Waals surface area contributed by atoms with E-state index in [1.54, 1.807) is 25.3 Å². The molecule has 0 spiro atoms. The highest BCUT2D eigenvalue weighted by Crippen LogP contribution is 2.33. The van der Waals surface area contributed by atoms with Crippen molar-refractivity contribution in [2.75, 3.05) is 7.11 Å². The van der Waals surface area contributed by atoms with E-state index in [0.717, 1.165) is 5.56 Å². The minimum Gasteiger partial charge on any atom is -0.504 e. The smallest absolute Gasteiger partial charge is 0.231 e. The lowest BCUT2D eigenvalue weighted by Crippen LogP contribution is -1.86. The largest absolute Gasteiger partial charge is 0.504 e. The highest BCUT2D eigenvalue weighted by atomic mass is 16.5. The summed E-state index contributed by atoms with van der Waals surface area (Å²) in [7, 11) is 1.60. The van der Waals surface area contributed by atoms with E-state index >= 15 is 0 Å². The number of nitrogens with zero attached hydrogens (tertiary/aromatic N) is 1. The van der Waals surface area contributed by atoms with E-state index in [1.165, 1.54) is 0 Å². The molecule has 0 atom stereocenters. The Labute approximate surface area is 103 Å². The van der Waals surface area contributed by atoms with Gasteiger partial charge in [0.1, 0.15) is 11.3 Å². The van der Waals surface area contributed by atoms with Crippen molar-refractivity contribution in [3.8, 4) is 23.0 Å². The maximum atomic E-state index is 9.69. The minimum absolute atomic E-state index is 0.0844. The molecular formula is C14H11NO3. The van der Waals surface area contributed by atoms with E-state index in [4.69, 9.17) is 9.15 Å². The molecule has 3 aromatic rings. The number of aromatic hydroxyl groups is 1. The van der Waals surface area contributed by atoms with Crippen LogP contribution in [0, 0.1) is 0 Å². The van der Waals surface area contributed by atoms with Gasteiger partial charge in [0.25, 0.3) is 0 Å². The summed E-state index contributed by atoms with van der Waals surface area (Å²) in [6.45, 7) is 0. The van der Waals surface area contributed by atoms with Gasteiger partial charge in [-0.2, -0.15) is 0 Å². The second kappa shape index (κ2) is 4.07. The Balaban J connectivity index is 2.23. The number of aromatic nitrogens is 1. The van der Waals surface area contributed by atoms with Crippen LogP contribution in [0.1, 0.15) is 0 Å². The normalized spacial score (nSPS) is 10.7. The first-order chi connectivity index (χ1) is 8.79. The summed E-state index contributed by atoms with van der Waals surface area (Å²) in [6.07, 6.45) is 0. The van der Waals surface area contributed by atoms with Crippen LogP contribution in [0.3, 0.4) is 0 Å². The Kier molecular flexibility index (Phi) is 2.41. The molecule has 3 rings (SSSR count). The maximum Gasteiger partial charge on any atom is 0.231 e. The van der Waals surface area contributed by atoms with Crippen LogP contribution in [-0.2, 0) is 0 Å². The lowest BCUT2D eigenvalue weighted by atomic mass is 10.2. The molecule has 0 aliphatic rings. The van der Waals surface area contributed by atoms with Gasteiger partial charge in [-0.25, -0.2) is 4.98 Å². The van der Waals surface area contributed by atoms with Crippen LogP contribution in [0.25, 0.3) is 22.6 Å². The van der Waals surface area contributed by atoms with E-state index in [-0.39, 0.29) is 5.75 Å². The predicted octanol–water partition coefficient (Wildman–Crippen LogP) is 3.21. The first-order valence-electron chi connectivity index (χ1n) is 5.51. The molecule has 90 valence electrons. The Morgan fingerprint density at radius 3 is 2.72 bits per heavy atom. The number of para-hydroxylation sites is 2. The lowest BCUT2D eigenvalue weighted by molar-refractivity contribution is 0.414. The first kappa shape index (κ1) is 10.7. The van der Waals surface area contributed by atoms with E-state index in [0.29, 0.717) is 22.7 Å². The van der Waals surface area contributed by atoms with Crippen molar-refractivity contribution >= 4 is 11.1 Å². The number of benzene rings is 2. The Morgan fingerprint density at radius 1 is 1.11 bits per heavy atom. The molecule has 0 unspecified atom stereocenters. The van der Waals surface area contributed by atoms with E-state index in [9.17, 15) is 5.11 Å². The van der Waals surface area contributed by atoms with Crippen molar-refractivity contribution in [2.45, 2.75) is 0 Å². The molecule has 2 aromatic carbocycles. The van der Waals surface area contributed by atoms with E-state index in [1.807, 2.05) is 24.3 Å². The molecule has 4 nitrogen and oxygen atoms in total. The summed E-state index contributed by atoms with van der Waals surface area (Å²) >= 11 is 0. The zero-order valence-corrected chi connectivity index (χ0v) is 9.75. The van der Waals surface area contributed by atoms with Crippen molar-refractivity contribution in [3.63, 3.8) is 0 Å². The fraction of sp³-hybridized carbons (Fsp3) is 0.0714. The van der Waals surface area contributed by atoms with E-state index < -0.39 is 0 Å². The van der Waals surface area contributed by atoms with Gasteiger partial charge in [0.05, 0.1) is 12.7 Å². The maximum absolute atomic E-state index is 9.69. The topological polar surface area (TPSA) is 55.5 Å². The highest BCUT2D eigenvalue weighted by molar-refractivity contribution is 5.82. The third-order valence-corrected chi connectivity index (χ3v) is 2.73. The number of phenolic OH excluding ortho intramolecular Hbond substituents is 1. The molecule has 1 N–H and O–H groups in total. The zero-order valence-electron chi connectivity index (χ0n) is 9.75. The van der Waals surface area contributed by atoms with Gasteiger partial charge in [-0.15, -0.1) is 0 Å². The minimum atomic E-state index is 0.0844. The van der Waals surface area contributed by atoms with Crippen LogP contribution in [0.5, 0.6) is 11.5 Å². The number of methoxy groups -OCH3 is 1. The first-order valence-corrected chi connectivity index (χ1v) is 5.51. The molecule has 0 bridgehead atoms. The van der Waals surface area contributed by atoms with Gasteiger partial charge in [0.2, 0.25) is 5.89 Å². The van der Waals surface area contributed by atoms with Crippen LogP contribution in [-0.4, -0.2) is 17.2 Å². The summed E-state index contributed by atoms with van der Waals surface area (Å²) < 4.78 is 10.8. The molecule has 0 fully saturated rings. The standard InChI is InChI=1S/C14H11NO3/c1-17-12-8-3-2-5-9(12)14-15-10-6-4-7-11(16)13(10)18-14/h2-8,16H,1H3. The number of fused-ring (bicyclic) bond motifs is 1. The average Bonchev–Trinajstić information content (AvgIpc) is 2.84. The van der Waals surface area contributed by atoms with Crippen LogP contribution in [0.2, 0.25) is 0 Å². The molecular weight excluding hydrogens is 230 g/mol. The van der Waals surface area contributed by atoms with Gasteiger partial charge in [0.15, 0.2) is 11.3 Å². The van der Waals surface area contributed by atoms with Crippen molar-refractivity contribution in [1.29, 1.82) is 0 Å². The molecule has 0 radical (unpaired) electrons. The van der Waals surface area contributed by atoms with Crippen LogP contribution >= 0.6 is 0 Å². The number of hydrogen-bond donors (Lipinski definition) is 1. The van der Waals surface area contributed by atoms with E-state index in [2.05, 4.69) is 4.98 Å². The molecule has 1 heterocycles. The van der Waals surface area contributed by atoms with Crippen LogP contribution in [0.4, 0.5) is 0 Å². The summed E-state index contributed by atoms with van der Waals surface area (Å²) in [6, 6.07) is 12.5. The quantitative estimate of drug-likeness (QED) is 0.748. The third kappa shape index (κ3) is 1.59. The SMILES string of the molecule is COc1ccccc1-c1nc2cccc(O)c2o1. The van der Waals surface area contributed by atoms with Crippen molar-refractivity contribution in [3.05, 3.63) is 42.5 Å². The van der Waals surface area contributed by atoms with Crippen molar-refractivity contribution < 1.29 is 14.3 Å². The Bertz CT molecular complexity index is 703. The third-order valence-electron chi connectivity index (χ3n) is 2.73. The van der Waals surface area contributed by atoms with Gasteiger partial charge < -0.3 is 14.3 Å². The van der Waals surface area contributed by atoms with Crippen molar-refractivity contribution in [1.82, 2.24) is 4.98 Å². The highest BCUT2D eigenvalue weighted by Gasteiger charge is 2.14. The van der Waals surface area contributed by atoms with Gasteiger partial charge >= 0.3 is 0 Å². The predicted molar refractivity (Wildman–Crippen MR) is 67.7 cm³/mol. The molecule has 4 heteroatoms. The van der Waals surface area contributed by atoms with Gasteiger partial charge in [-0.05, 0) is 24.3 Å². The summed E-state index contributed by atoms with van der Waals surface area (Å²) in [5.41, 5.74) is 1.77. The molecule has 0 saturated carbocycles. The zero-order chi connectivity index (χ0) is 12.5. The number of hydrogen-bond acceptors (Lipinski definition) is 4. The summed E-state index contributed by atoms with van der Waals surface area (Å²) in [4.78, 5) is 4.35. The summed E-state index contributed by atoms with van der Waals surface area (Å²) in [5, 5.41) is 9.69. The van der Waals surface area contributed by atoms with Gasteiger partial charge in [-0.3, -0.25) is 0 Å². The molecule has 0 aliphatic heterocycles. The molecule has 0 amide bonds. The molecule has 0 saturated heterocycles. The second-order valence-corrected chi connectivity index (χ2v) is 3.84. The number of phenols is 1. The van der Waals surface area contributed by atoms with Crippen LogP contribution in [0.15, 0.2) is 46.9 Å². The second-order valence-electron chi connectivity index (χ2n) is 3.84. The van der Waals surface area contributed by atoms with Crippen LogP contribution < -0.4 is 4.74 Å². The Morgan fingerprint density at radius 2 is 1.94 bits per heavy atom. The molecule has 1 aromatic heterocycles. The fourth-order valence-electron chi connectivity index (χ4n) is 1.87. The van der Waals surface area contributed by atoms with Crippen molar-refractivity contribution in [2.24, 2.45) is 0 Å². The Hall–Kier alpha value is -2.49. The van der Waals surface area contributed by atoms with Gasteiger partial charge in [0, 0.05) is 0 Å².